The van der Waals surface area contributed by atoms with E-state index in [9.17, 15) is 25.0 Å². The van der Waals surface area contributed by atoms with E-state index in [1.807, 2.05) is 6.07 Å². The molecule has 0 radical (unpaired) electrons. The van der Waals surface area contributed by atoms with Gasteiger partial charge in [0.2, 0.25) is 11.9 Å². The largest absolute Gasteiger partial charge is 0.296 e. The summed E-state index contributed by atoms with van der Waals surface area (Å²) in [6, 6.07) is 11.9. The molecule has 2 heterocycles. The summed E-state index contributed by atoms with van der Waals surface area (Å²) in [4.78, 5) is 34.9. The Bertz CT molecular complexity index is 874. The van der Waals surface area contributed by atoms with Crippen molar-refractivity contribution in [1.29, 1.82) is 5.26 Å². The van der Waals surface area contributed by atoms with Crippen molar-refractivity contribution in [2.75, 3.05) is 0 Å². The molecule has 25 heavy (non-hydrogen) atoms. The van der Waals surface area contributed by atoms with E-state index in [1.54, 1.807) is 35.2 Å². The van der Waals surface area contributed by atoms with Crippen molar-refractivity contribution in [2.24, 2.45) is 5.92 Å². The van der Waals surface area contributed by atoms with Crippen molar-refractivity contribution in [1.82, 2.24) is 5.32 Å². The first-order valence-electron chi connectivity index (χ1n) is 7.47. The van der Waals surface area contributed by atoms with E-state index < -0.39 is 34.6 Å². The molecule has 1 saturated heterocycles. The third-order valence-electron chi connectivity index (χ3n) is 4.18. The Morgan fingerprint density at radius 1 is 1.08 bits per heavy atom. The molecule has 8 nitrogen and oxygen atoms in total. The van der Waals surface area contributed by atoms with Gasteiger partial charge in [0.25, 0.3) is 11.6 Å². The highest BCUT2D eigenvalue weighted by molar-refractivity contribution is 6.02. The van der Waals surface area contributed by atoms with Crippen LogP contribution in [-0.2, 0) is 9.59 Å². The first-order chi connectivity index (χ1) is 12.0. The van der Waals surface area contributed by atoms with Crippen LogP contribution in [0.15, 0.2) is 54.9 Å². The molecule has 0 spiro atoms. The molecular formula is C17H13N4O4+. The highest BCUT2D eigenvalue weighted by atomic mass is 16.6. The number of hydrogen-bond acceptors (Lipinski definition) is 5. The van der Waals surface area contributed by atoms with Crippen LogP contribution in [0.25, 0.3) is 0 Å². The van der Waals surface area contributed by atoms with Crippen LogP contribution in [0.2, 0.25) is 0 Å². The van der Waals surface area contributed by atoms with Gasteiger partial charge in [0.1, 0.15) is 5.92 Å². The Morgan fingerprint density at radius 2 is 1.72 bits per heavy atom. The van der Waals surface area contributed by atoms with Gasteiger partial charge >= 0.3 is 0 Å². The first-order valence-corrected chi connectivity index (χ1v) is 7.47. The SMILES string of the molecule is N#CC1C(=O)NC(=O)C([n+]2ccccc2)C1c1ccc([N+](=O)[O-])cc1. The van der Waals surface area contributed by atoms with E-state index in [4.69, 9.17) is 0 Å². The van der Waals surface area contributed by atoms with Crippen LogP contribution in [0.4, 0.5) is 5.69 Å². The minimum Gasteiger partial charge on any atom is -0.289 e. The molecule has 1 fully saturated rings. The predicted molar refractivity (Wildman–Crippen MR) is 83.8 cm³/mol. The molecule has 1 aromatic heterocycles. The van der Waals surface area contributed by atoms with Crippen molar-refractivity contribution in [3.63, 3.8) is 0 Å². The number of aromatic nitrogens is 1. The van der Waals surface area contributed by atoms with Gasteiger partial charge in [-0.3, -0.25) is 25.0 Å². The van der Waals surface area contributed by atoms with E-state index in [1.165, 1.54) is 24.3 Å². The number of piperidine rings is 1. The second kappa shape index (κ2) is 6.49. The fraction of sp³-hybridized carbons (Fsp3) is 0.176. The lowest BCUT2D eigenvalue weighted by Gasteiger charge is -2.29. The van der Waals surface area contributed by atoms with Crippen LogP contribution in [0.1, 0.15) is 17.5 Å². The van der Waals surface area contributed by atoms with Crippen molar-refractivity contribution < 1.29 is 19.1 Å². The molecule has 124 valence electrons. The van der Waals surface area contributed by atoms with Crippen molar-refractivity contribution in [2.45, 2.75) is 12.0 Å². The Hall–Kier alpha value is -3.60. The van der Waals surface area contributed by atoms with Gasteiger partial charge in [0.05, 0.1) is 16.9 Å². The van der Waals surface area contributed by atoms with Crippen LogP contribution < -0.4 is 9.88 Å². The number of rotatable bonds is 3. The molecular weight excluding hydrogens is 324 g/mol. The quantitative estimate of drug-likeness (QED) is 0.388. The summed E-state index contributed by atoms with van der Waals surface area (Å²) in [6.45, 7) is 0. The topological polar surface area (TPSA) is 117 Å². The molecule has 0 bridgehead atoms. The van der Waals surface area contributed by atoms with E-state index in [0.29, 0.717) is 5.56 Å². The van der Waals surface area contributed by atoms with Crippen molar-refractivity contribution >= 4 is 17.5 Å². The molecule has 1 aliphatic rings. The van der Waals surface area contributed by atoms with E-state index in [-0.39, 0.29) is 5.69 Å². The van der Waals surface area contributed by atoms with E-state index in [0.717, 1.165) is 0 Å². The van der Waals surface area contributed by atoms with Crippen LogP contribution in [0.3, 0.4) is 0 Å². The predicted octanol–water partition coefficient (Wildman–Crippen LogP) is 1.00. The molecule has 2 amide bonds. The summed E-state index contributed by atoms with van der Waals surface area (Å²) >= 11 is 0. The first kappa shape index (κ1) is 16.3. The number of non-ortho nitro benzene ring substituents is 1. The van der Waals surface area contributed by atoms with Crippen molar-refractivity contribution in [3.8, 4) is 6.07 Å². The fourth-order valence-corrected chi connectivity index (χ4v) is 3.03. The monoisotopic (exact) mass is 337 g/mol. The van der Waals surface area contributed by atoms with Gasteiger partial charge in [0.15, 0.2) is 12.4 Å². The number of nitro benzene ring substituents is 1. The normalized spacial score (nSPS) is 22.8. The van der Waals surface area contributed by atoms with E-state index >= 15 is 0 Å². The standard InChI is InChI=1S/C17H12N4O4/c18-10-13-14(11-4-6-12(7-5-11)21(24)25)15(17(23)19-16(13)22)20-8-2-1-3-9-20/h1-9,13-15H/p+1. The summed E-state index contributed by atoms with van der Waals surface area (Å²) in [7, 11) is 0. The molecule has 1 aromatic carbocycles. The molecule has 1 N–H and O–H groups in total. The lowest BCUT2D eigenvalue weighted by atomic mass is 9.77. The number of nitro groups is 1. The summed E-state index contributed by atoms with van der Waals surface area (Å²) in [6.07, 6.45) is 3.35. The third kappa shape index (κ3) is 2.95. The average Bonchev–Trinajstić information content (AvgIpc) is 2.62. The Labute approximate surface area is 142 Å². The number of carbonyl (C=O) groups is 2. The number of benzene rings is 1. The minimum absolute atomic E-state index is 0.104. The van der Waals surface area contributed by atoms with Crippen molar-refractivity contribution in [3.05, 3.63) is 70.5 Å². The fourth-order valence-electron chi connectivity index (χ4n) is 3.03. The van der Waals surface area contributed by atoms with Gasteiger partial charge in [-0.2, -0.15) is 9.83 Å². The van der Waals surface area contributed by atoms with Gasteiger partial charge in [-0.25, -0.2) is 0 Å². The van der Waals surface area contributed by atoms with Gasteiger partial charge < -0.3 is 0 Å². The number of hydrogen-bond donors (Lipinski definition) is 1. The maximum Gasteiger partial charge on any atom is 0.296 e. The molecule has 0 saturated carbocycles. The summed E-state index contributed by atoms with van der Waals surface area (Å²) in [5.74, 6) is -3.02. The lowest BCUT2D eigenvalue weighted by Crippen LogP contribution is -2.59. The number of nitrogens with zero attached hydrogens (tertiary/aromatic N) is 3. The van der Waals surface area contributed by atoms with Gasteiger partial charge in [-0.1, -0.05) is 18.2 Å². The molecule has 8 heteroatoms. The minimum atomic E-state index is -1.09. The molecule has 0 aliphatic carbocycles. The average molecular weight is 337 g/mol. The zero-order chi connectivity index (χ0) is 18.0. The highest BCUT2D eigenvalue weighted by Gasteiger charge is 2.50. The maximum atomic E-state index is 12.5. The lowest BCUT2D eigenvalue weighted by molar-refractivity contribution is -0.713. The van der Waals surface area contributed by atoms with Crippen LogP contribution in [-0.4, -0.2) is 16.7 Å². The van der Waals surface area contributed by atoms with Crippen LogP contribution in [0.5, 0.6) is 0 Å². The number of imide groups is 1. The van der Waals surface area contributed by atoms with Gasteiger partial charge in [0, 0.05) is 24.3 Å². The molecule has 2 aromatic rings. The molecule has 1 aliphatic heterocycles. The molecule has 3 rings (SSSR count). The third-order valence-corrected chi connectivity index (χ3v) is 4.18. The molecule has 3 atom stereocenters. The molecule has 3 unspecified atom stereocenters. The summed E-state index contributed by atoms with van der Waals surface area (Å²) < 4.78 is 1.62. The van der Waals surface area contributed by atoms with Crippen LogP contribution >= 0.6 is 0 Å². The number of nitrogens with one attached hydrogen (secondary N) is 1. The zero-order valence-electron chi connectivity index (χ0n) is 12.9. The summed E-state index contributed by atoms with van der Waals surface area (Å²) in [5.41, 5.74) is 0.412. The van der Waals surface area contributed by atoms with Gasteiger partial charge in [-0.05, 0) is 5.56 Å². The number of nitriles is 1. The van der Waals surface area contributed by atoms with Crippen LogP contribution in [0, 0.1) is 27.4 Å². The Kier molecular flexibility index (Phi) is 4.22. The number of pyridine rings is 1. The smallest absolute Gasteiger partial charge is 0.289 e. The Balaban J connectivity index is 2.11. The second-order valence-corrected chi connectivity index (χ2v) is 5.60. The maximum absolute atomic E-state index is 12.5. The Morgan fingerprint density at radius 3 is 2.28 bits per heavy atom. The van der Waals surface area contributed by atoms with E-state index in [2.05, 4.69) is 5.32 Å². The second-order valence-electron chi connectivity index (χ2n) is 5.60. The summed E-state index contributed by atoms with van der Waals surface area (Å²) in [5, 5.41) is 22.5. The van der Waals surface area contributed by atoms with Gasteiger partial charge in [-0.15, -0.1) is 0 Å². The number of amides is 2. The number of carbonyl (C=O) groups excluding carboxylic acids is 2. The zero-order valence-corrected chi connectivity index (χ0v) is 12.9. The highest BCUT2D eigenvalue weighted by Crippen LogP contribution is 2.36.